The van der Waals surface area contributed by atoms with E-state index >= 15 is 0 Å². The van der Waals surface area contributed by atoms with E-state index in [2.05, 4.69) is 4.74 Å². The van der Waals surface area contributed by atoms with Gasteiger partial charge in [-0.25, -0.2) is 0 Å². The Morgan fingerprint density at radius 2 is 2.20 bits per heavy atom. The number of benzene rings is 1. The molecule has 0 spiro atoms. The molecule has 0 saturated heterocycles. The molecule has 0 saturated carbocycles. The van der Waals surface area contributed by atoms with E-state index in [0.29, 0.717) is 12.1 Å². The normalized spacial score (nSPS) is 12.1. The van der Waals surface area contributed by atoms with Crippen LogP contribution in [0.3, 0.4) is 0 Å². The van der Waals surface area contributed by atoms with Crippen molar-refractivity contribution in [1.29, 1.82) is 0 Å². The highest BCUT2D eigenvalue weighted by molar-refractivity contribution is 5.70. The van der Waals surface area contributed by atoms with Crippen LogP contribution in [0.15, 0.2) is 24.3 Å². The van der Waals surface area contributed by atoms with Crippen molar-refractivity contribution >= 4 is 11.7 Å². The van der Waals surface area contributed by atoms with Gasteiger partial charge in [0.2, 0.25) is 0 Å². The van der Waals surface area contributed by atoms with Gasteiger partial charge < -0.3 is 15.6 Å². The summed E-state index contributed by atoms with van der Waals surface area (Å²) in [6.45, 7) is 1.40. The number of ether oxygens (including phenoxy) is 1. The number of hydrogen-bond acceptors (Lipinski definition) is 4. The summed E-state index contributed by atoms with van der Waals surface area (Å²) >= 11 is 0. The van der Waals surface area contributed by atoms with E-state index in [-0.39, 0.29) is 6.42 Å². The molecule has 4 nitrogen and oxygen atoms in total. The van der Waals surface area contributed by atoms with E-state index in [1.54, 1.807) is 6.07 Å². The maximum Gasteiger partial charge on any atom is 0.308 e. The number of esters is 1. The van der Waals surface area contributed by atoms with Gasteiger partial charge >= 0.3 is 5.97 Å². The fourth-order valence-electron chi connectivity index (χ4n) is 1.25. The van der Waals surface area contributed by atoms with Crippen LogP contribution in [0.25, 0.3) is 0 Å². The Labute approximate surface area is 88.7 Å². The lowest BCUT2D eigenvalue weighted by Gasteiger charge is -2.07. The number of rotatable bonds is 4. The van der Waals surface area contributed by atoms with Crippen molar-refractivity contribution in [2.75, 3.05) is 5.73 Å². The van der Waals surface area contributed by atoms with Crippen molar-refractivity contribution in [3.8, 4) is 0 Å². The molecule has 0 heterocycles. The molecule has 0 aliphatic heterocycles. The van der Waals surface area contributed by atoms with E-state index in [9.17, 15) is 4.79 Å². The summed E-state index contributed by atoms with van der Waals surface area (Å²) in [6.07, 6.45) is -0.303. The van der Waals surface area contributed by atoms with E-state index in [1.807, 2.05) is 18.2 Å². The van der Waals surface area contributed by atoms with Crippen LogP contribution in [0, 0.1) is 0 Å². The molecular weight excluding hydrogens is 194 g/mol. The van der Waals surface area contributed by atoms with E-state index in [0.717, 1.165) is 5.56 Å². The number of aliphatic hydroxyl groups excluding tert-OH is 1. The molecule has 0 radical (unpaired) electrons. The maximum atomic E-state index is 11.1. The van der Waals surface area contributed by atoms with Crippen molar-refractivity contribution in [2.24, 2.45) is 0 Å². The zero-order valence-corrected chi connectivity index (χ0v) is 8.64. The molecule has 1 aromatic carbocycles. The zero-order valence-electron chi connectivity index (χ0n) is 8.64. The number of nitrogens with two attached hydrogens (primary N) is 1. The summed E-state index contributed by atoms with van der Waals surface area (Å²) in [5, 5.41) is 8.81. The molecule has 1 atom stereocenters. The molecule has 3 N–H and O–H groups in total. The first-order valence-corrected chi connectivity index (χ1v) is 4.80. The highest BCUT2D eigenvalue weighted by Crippen LogP contribution is 2.12. The molecule has 82 valence electrons. The Morgan fingerprint density at radius 1 is 1.53 bits per heavy atom. The van der Waals surface area contributed by atoms with Crippen LogP contribution in [-0.2, 0) is 16.0 Å². The van der Waals surface area contributed by atoms with Crippen molar-refractivity contribution in [2.45, 2.75) is 26.1 Å². The molecule has 0 aliphatic rings. The van der Waals surface area contributed by atoms with Crippen LogP contribution >= 0.6 is 0 Å². The van der Waals surface area contributed by atoms with E-state index < -0.39 is 12.3 Å². The average molecular weight is 209 g/mol. The largest absolute Gasteiger partial charge is 0.436 e. The van der Waals surface area contributed by atoms with Gasteiger partial charge in [-0.2, -0.15) is 0 Å². The number of para-hydroxylation sites is 1. The van der Waals surface area contributed by atoms with Crippen LogP contribution in [0.1, 0.15) is 18.9 Å². The molecule has 0 aromatic heterocycles. The average Bonchev–Trinajstić information content (AvgIpc) is 2.15. The van der Waals surface area contributed by atoms with Crippen molar-refractivity contribution < 1.29 is 14.6 Å². The number of anilines is 1. The van der Waals surface area contributed by atoms with Crippen LogP contribution in [0.5, 0.6) is 0 Å². The molecule has 0 amide bonds. The van der Waals surface area contributed by atoms with Crippen molar-refractivity contribution in [1.82, 2.24) is 0 Å². The lowest BCUT2D eigenvalue weighted by atomic mass is 10.1. The number of hydrogen-bond donors (Lipinski definition) is 2. The van der Waals surface area contributed by atoms with Gasteiger partial charge in [0.05, 0.1) is 0 Å². The molecule has 1 rings (SSSR count). The maximum absolute atomic E-state index is 11.1. The third-order valence-electron chi connectivity index (χ3n) is 1.96. The Bertz CT molecular complexity index is 336. The molecule has 0 bridgehead atoms. The number of nitrogen functional groups attached to an aromatic ring is 1. The first-order valence-electron chi connectivity index (χ1n) is 4.80. The Kier molecular flexibility index (Phi) is 4.12. The van der Waals surface area contributed by atoms with Crippen LogP contribution in [0.4, 0.5) is 5.69 Å². The second kappa shape index (κ2) is 5.36. The number of aryl methyl sites for hydroxylation is 1. The first kappa shape index (κ1) is 11.5. The Balaban J connectivity index is 2.44. The van der Waals surface area contributed by atoms with Gasteiger partial charge in [-0.3, -0.25) is 4.79 Å². The third-order valence-corrected chi connectivity index (χ3v) is 1.96. The lowest BCUT2D eigenvalue weighted by Crippen LogP contribution is -2.14. The minimum absolute atomic E-state index is 0.221. The molecule has 0 aliphatic carbocycles. The molecule has 15 heavy (non-hydrogen) atoms. The van der Waals surface area contributed by atoms with Gasteiger partial charge in [0.1, 0.15) is 0 Å². The molecular formula is C11H15NO3. The summed E-state index contributed by atoms with van der Waals surface area (Å²) < 4.78 is 4.59. The monoisotopic (exact) mass is 209 g/mol. The summed E-state index contributed by atoms with van der Waals surface area (Å²) in [5.41, 5.74) is 7.29. The zero-order chi connectivity index (χ0) is 11.3. The highest BCUT2D eigenvalue weighted by Gasteiger charge is 2.07. The second-order valence-corrected chi connectivity index (χ2v) is 3.29. The predicted molar refractivity (Wildman–Crippen MR) is 56.9 cm³/mol. The summed E-state index contributed by atoms with van der Waals surface area (Å²) in [4.78, 5) is 11.1. The molecule has 1 aromatic rings. The van der Waals surface area contributed by atoms with Crippen LogP contribution < -0.4 is 5.73 Å². The number of carbonyl (C=O) groups excluding carboxylic acids is 1. The minimum atomic E-state index is -1.05. The quantitative estimate of drug-likeness (QED) is 0.442. The van der Waals surface area contributed by atoms with Gasteiger partial charge in [-0.1, -0.05) is 18.2 Å². The summed E-state index contributed by atoms with van der Waals surface area (Å²) in [6, 6.07) is 7.36. The van der Waals surface area contributed by atoms with Crippen molar-refractivity contribution in [3.63, 3.8) is 0 Å². The third kappa shape index (κ3) is 3.99. The summed E-state index contributed by atoms with van der Waals surface area (Å²) in [7, 11) is 0. The van der Waals surface area contributed by atoms with Crippen molar-refractivity contribution in [3.05, 3.63) is 29.8 Å². The minimum Gasteiger partial charge on any atom is -0.436 e. The fourth-order valence-corrected chi connectivity index (χ4v) is 1.25. The smallest absolute Gasteiger partial charge is 0.308 e. The Hall–Kier alpha value is -1.55. The van der Waals surface area contributed by atoms with Crippen LogP contribution in [-0.4, -0.2) is 17.4 Å². The number of carbonyl (C=O) groups is 1. The van der Waals surface area contributed by atoms with Gasteiger partial charge in [0, 0.05) is 12.1 Å². The standard InChI is InChI=1S/C11H15NO3/c1-8(13)15-11(14)7-6-9-4-2-3-5-10(9)12/h2-5,8,13H,6-7,12H2,1H3. The number of aliphatic hydroxyl groups is 1. The molecule has 1 unspecified atom stereocenters. The topological polar surface area (TPSA) is 72.5 Å². The predicted octanol–water partition coefficient (Wildman–Crippen LogP) is 1.08. The van der Waals surface area contributed by atoms with Gasteiger partial charge in [0.15, 0.2) is 6.29 Å². The summed E-state index contributed by atoms with van der Waals surface area (Å²) in [5.74, 6) is -0.423. The van der Waals surface area contributed by atoms with Gasteiger partial charge in [-0.05, 0) is 25.0 Å². The molecule has 4 heteroatoms. The second-order valence-electron chi connectivity index (χ2n) is 3.29. The fraction of sp³-hybridized carbons (Fsp3) is 0.364. The van der Waals surface area contributed by atoms with E-state index in [4.69, 9.17) is 10.8 Å². The molecule has 0 fully saturated rings. The van der Waals surface area contributed by atoms with Crippen LogP contribution in [0.2, 0.25) is 0 Å². The van der Waals surface area contributed by atoms with Gasteiger partial charge in [-0.15, -0.1) is 0 Å². The SMILES string of the molecule is CC(O)OC(=O)CCc1ccccc1N. The van der Waals surface area contributed by atoms with Gasteiger partial charge in [0.25, 0.3) is 0 Å². The first-order chi connectivity index (χ1) is 7.09. The van der Waals surface area contributed by atoms with E-state index in [1.165, 1.54) is 6.92 Å². The highest BCUT2D eigenvalue weighted by atomic mass is 16.6. The Morgan fingerprint density at radius 3 is 2.80 bits per heavy atom. The lowest BCUT2D eigenvalue weighted by molar-refractivity contribution is -0.164.